The van der Waals surface area contributed by atoms with Crippen molar-refractivity contribution in [2.75, 3.05) is 6.61 Å². The van der Waals surface area contributed by atoms with E-state index in [1.54, 1.807) is 19.1 Å². The summed E-state index contributed by atoms with van der Waals surface area (Å²) < 4.78 is 28.4. The van der Waals surface area contributed by atoms with Crippen molar-refractivity contribution in [3.63, 3.8) is 0 Å². The van der Waals surface area contributed by atoms with Crippen LogP contribution in [-0.2, 0) is 0 Å². The molecule has 1 aromatic carbocycles. The molecule has 0 bridgehead atoms. The summed E-state index contributed by atoms with van der Waals surface area (Å²) in [5, 5.41) is 0. The molecule has 0 N–H and O–H groups in total. The van der Waals surface area contributed by atoms with Crippen molar-refractivity contribution in [3.05, 3.63) is 29.8 Å². The number of hydrogen-bond acceptors (Lipinski definition) is 2. The van der Waals surface area contributed by atoms with Gasteiger partial charge < -0.3 is 4.74 Å². The summed E-state index contributed by atoms with van der Waals surface area (Å²) in [6.07, 6.45) is -2.06. The van der Waals surface area contributed by atoms with E-state index < -0.39 is 13.0 Å². The molecule has 0 saturated heterocycles. The SMILES string of the molecule is CCC(=O)c1ccc(OCC(F)F)cc1. The predicted molar refractivity (Wildman–Crippen MR) is 52.6 cm³/mol. The third kappa shape index (κ3) is 3.65. The number of Topliss-reactive ketones (excluding diaryl/α,β-unsaturated/α-hetero) is 1. The summed E-state index contributed by atoms with van der Waals surface area (Å²) in [6, 6.07) is 6.19. The molecule has 0 aliphatic heterocycles. The second-order valence-corrected chi connectivity index (χ2v) is 3.00. The highest BCUT2D eigenvalue weighted by atomic mass is 19.3. The number of ether oxygens (including phenoxy) is 1. The van der Waals surface area contributed by atoms with Crippen LogP contribution >= 0.6 is 0 Å². The minimum absolute atomic E-state index is 0.0235. The molecule has 2 nitrogen and oxygen atoms in total. The molecule has 0 fully saturated rings. The molecule has 0 spiro atoms. The lowest BCUT2D eigenvalue weighted by atomic mass is 10.1. The van der Waals surface area contributed by atoms with Crippen molar-refractivity contribution in [2.45, 2.75) is 19.8 Å². The Morgan fingerprint density at radius 2 is 1.93 bits per heavy atom. The second kappa shape index (κ2) is 5.44. The lowest BCUT2D eigenvalue weighted by molar-refractivity contribution is 0.0818. The molecule has 82 valence electrons. The van der Waals surface area contributed by atoms with Crippen LogP contribution in [0.1, 0.15) is 23.7 Å². The van der Waals surface area contributed by atoms with E-state index in [0.29, 0.717) is 17.7 Å². The predicted octanol–water partition coefficient (Wildman–Crippen LogP) is 2.92. The zero-order valence-corrected chi connectivity index (χ0v) is 8.37. The molecule has 0 amide bonds. The van der Waals surface area contributed by atoms with E-state index >= 15 is 0 Å². The molecule has 0 atom stereocenters. The number of ketones is 1. The minimum Gasteiger partial charge on any atom is -0.488 e. The Balaban J connectivity index is 2.60. The van der Waals surface area contributed by atoms with Crippen molar-refractivity contribution in [3.8, 4) is 5.75 Å². The van der Waals surface area contributed by atoms with Crippen LogP contribution in [0.3, 0.4) is 0 Å². The number of carbonyl (C=O) groups is 1. The quantitative estimate of drug-likeness (QED) is 0.704. The van der Waals surface area contributed by atoms with Gasteiger partial charge in [0, 0.05) is 12.0 Å². The van der Waals surface area contributed by atoms with Gasteiger partial charge in [-0.1, -0.05) is 6.92 Å². The van der Waals surface area contributed by atoms with Crippen LogP contribution in [0, 0.1) is 0 Å². The van der Waals surface area contributed by atoms with E-state index in [0.717, 1.165) is 0 Å². The summed E-state index contributed by atoms with van der Waals surface area (Å²) in [7, 11) is 0. The summed E-state index contributed by atoms with van der Waals surface area (Å²) in [4.78, 5) is 11.2. The van der Waals surface area contributed by atoms with Gasteiger partial charge in [-0.2, -0.15) is 0 Å². The Hall–Kier alpha value is -1.45. The molecule has 0 aliphatic carbocycles. The van der Waals surface area contributed by atoms with Crippen molar-refractivity contribution in [1.29, 1.82) is 0 Å². The molecule has 0 aromatic heterocycles. The van der Waals surface area contributed by atoms with E-state index in [1.165, 1.54) is 12.1 Å². The Labute approximate surface area is 86.9 Å². The van der Waals surface area contributed by atoms with Crippen molar-refractivity contribution < 1.29 is 18.3 Å². The molecular formula is C11H12F2O2. The molecule has 15 heavy (non-hydrogen) atoms. The lowest BCUT2D eigenvalue weighted by Gasteiger charge is -2.05. The van der Waals surface area contributed by atoms with E-state index in [1.807, 2.05) is 0 Å². The highest BCUT2D eigenvalue weighted by molar-refractivity contribution is 5.95. The first-order chi connectivity index (χ1) is 7.13. The van der Waals surface area contributed by atoms with Crippen LogP contribution in [0.4, 0.5) is 8.78 Å². The largest absolute Gasteiger partial charge is 0.488 e. The highest BCUT2D eigenvalue weighted by Crippen LogP contribution is 2.14. The van der Waals surface area contributed by atoms with Gasteiger partial charge in [0.15, 0.2) is 5.78 Å². The van der Waals surface area contributed by atoms with Crippen molar-refractivity contribution in [1.82, 2.24) is 0 Å². The van der Waals surface area contributed by atoms with E-state index in [-0.39, 0.29) is 5.78 Å². The number of carbonyl (C=O) groups excluding carboxylic acids is 1. The molecule has 1 rings (SSSR count). The highest BCUT2D eigenvalue weighted by Gasteiger charge is 2.05. The Morgan fingerprint density at radius 3 is 2.40 bits per heavy atom. The maximum absolute atomic E-state index is 11.8. The molecule has 0 saturated carbocycles. The molecule has 0 aliphatic rings. The summed E-state index contributed by atoms with van der Waals surface area (Å²) in [5.41, 5.74) is 0.571. The van der Waals surface area contributed by atoms with Gasteiger partial charge in [-0.05, 0) is 24.3 Å². The first-order valence-corrected chi connectivity index (χ1v) is 4.67. The summed E-state index contributed by atoms with van der Waals surface area (Å²) in [6.45, 7) is 1.14. The van der Waals surface area contributed by atoms with Crippen LogP contribution in [-0.4, -0.2) is 18.8 Å². The number of rotatable bonds is 5. The summed E-state index contributed by atoms with van der Waals surface area (Å²) >= 11 is 0. The number of hydrogen-bond donors (Lipinski definition) is 0. The van der Waals surface area contributed by atoms with Crippen LogP contribution in [0.15, 0.2) is 24.3 Å². The zero-order valence-electron chi connectivity index (χ0n) is 8.37. The van der Waals surface area contributed by atoms with Gasteiger partial charge >= 0.3 is 0 Å². The number of benzene rings is 1. The van der Waals surface area contributed by atoms with Crippen molar-refractivity contribution in [2.24, 2.45) is 0 Å². The van der Waals surface area contributed by atoms with Crippen LogP contribution in [0.5, 0.6) is 5.75 Å². The fourth-order valence-corrected chi connectivity index (χ4v) is 1.10. The zero-order chi connectivity index (χ0) is 11.3. The van der Waals surface area contributed by atoms with Crippen LogP contribution in [0.2, 0.25) is 0 Å². The third-order valence-electron chi connectivity index (χ3n) is 1.87. The first-order valence-electron chi connectivity index (χ1n) is 4.67. The molecule has 0 radical (unpaired) electrons. The monoisotopic (exact) mass is 214 g/mol. The molecule has 0 unspecified atom stereocenters. The van der Waals surface area contributed by atoms with E-state index in [4.69, 9.17) is 4.74 Å². The maximum atomic E-state index is 11.8. The van der Waals surface area contributed by atoms with E-state index in [2.05, 4.69) is 0 Å². The standard InChI is InChI=1S/C11H12F2O2/c1-2-10(14)8-3-5-9(6-4-8)15-7-11(12)13/h3-6,11H,2,7H2,1H3. The molecule has 0 heterocycles. The van der Waals surface area contributed by atoms with Crippen LogP contribution < -0.4 is 4.74 Å². The smallest absolute Gasteiger partial charge is 0.272 e. The second-order valence-electron chi connectivity index (χ2n) is 3.00. The van der Waals surface area contributed by atoms with Gasteiger partial charge in [-0.15, -0.1) is 0 Å². The van der Waals surface area contributed by atoms with Crippen molar-refractivity contribution >= 4 is 5.78 Å². The van der Waals surface area contributed by atoms with Gasteiger partial charge in [0.1, 0.15) is 12.4 Å². The Morgan fingerprint density at radius 1 is 1.33 bits per heavy atom. The molecular weight excluding hydrogens is 202 g/mol. The normalized spacial score (nSPS) is 10.4. The van der Waals surface area contributed by atoms with Gasteiger partial charge in [-0.25, -0.2) is 8.78 Å². The summed E-state index contributed by atoms with van der Waals surface area (Å²) in [5.74, 6) is 0.373. The Bertz CT molecular complexity index is 320. The number of alkyl halides is 2. The third-order valence-corrected chi connectivity index (χ3v) is 1.87. The van der Waals surface area contributed by atoms with Gasteiger partial charge in [0.2, 0.25) is 0 Å². The lowest BCUT2D eigenvalue weighted by Crippen LogP contribution is -2.07. The molecule has 4 heteroatoms. The minimum atomic E-state index is -2.48. The Kier molecular flexibility index (Phi) is 4.21. The topological polar surface area (TPSA) is 26.3 Å². The molecule has 1 aromatic rings. The fraction of sp³-hybridized carbons (Fsp3) is 0.364. The first kappa shape index (κ1) is 11.6. The average Bonchev–Trinajstić information content (AvgIpc) is 2.26. The van der Waals surface area contributed by atoms with Gasteiger partial charge in [-0.3, -0.25) is 4.79 Å². The van der Waals surface area contributed by atoms with Gasteiger partial charge in [0.25, 0.3) is 6.43 Å². The number of halogens is 2. The van der Waals surface area contributed by atoms with Gasteiger partial charge in [0.05, 0.1) is 0 Å². The fourth-order valence-electron chi connectivity index (χ4n) is 1.10. The maximum Gasteiger partial charge on any atom is 0.272 e. The average molecular weight is 214 g/mol. The van der Waals surface area contributed by atoms with E-state index in [9.17, 15) is 13.6 Å². The van der Waals surface area contributed by atoms with Crippen LogP contribution in [0.25, 0.3) is 0 Å².